The second-order valence-corrected chi connectivity index (χ2v) is 8.88. The van der Waals surface area contributed by atoms with Crippen molar-refractivity contribution in [3.63, 3.8) is 0 Å². The monoisotopic (exact) mass is 440 g/mol. The molecule has 2 aliphatic heterocycles. The molecule has 0 aromatic heterocycles. The maximum absolute atomic E-state index is 12.2. The predicted octanol–water partition coefficient (Wildman–Crippen LogP) is 3.62. The SMILES string of the molecule is COc1c(Br)ccc2c1CCO[C@@H]2CN1CCN(C(=O)OC(C)(C)C)CC1. The molecule has 1 atom stereocenters. The van der Waals surface area contributed by atoms with Crippen LogP contribution in [0.25, 0.3) is 0 Å². The van der Waals surface area contributed by atoms with Gasteiger partial charge in [-0.1, -0.05) is 6.07 Å². The third-order valence-corrected chi connectivity index (χ3v) is 5.54. The Hall–Kier alpha value is -1.31. The van der Waals surface area contributed by atoms with Crippen molar-refractivity contribution >= 4 is 22.0 Å². The van der Waals surface area contributed by atoms with E-state index in [1.165, 1.54) is 11.1 Å². The molecule has 7 heteroatoms. The second kappa shape index (κ2) is 8.37. The van der Waals surface area contributed by atoms with Gasteiger partial charge in [-0.25, -0.2) is 4.79 Å². The number of carbonyl (C=O) groups is 1. The van der Waals surface area contributed by atoms with Crippen LogP contribution in [-0.4, -0.2) is 67.9 Å². The zero-order valence-electron chi connectivity index (χ0n) is 16.6. The number of hydrogen-bond acceptors (Lipinski definition) is 5. The van der Waals surface area contributed by atoms with E-state index in [-0.39, 0.29) is 12.2 Å². The third kappa shape index (κ3) is 4.95. The highest BCUT2D eigenvalue weighted by molar-refractivity contribution is 9.10. The maximum atomic E-state index is 12.2. The molecule has 2 heterocycles. The lowest BCUT2D eigenvalue weighted by atomic mass is 9.96. The average molecular weight is 441 g/mol. The summed E-state index contributed by atoms with van der Waals surface area (Å²) in [5, 5.41) is 0. The Morgan fingerprint density at radius 1 is 1.26 bits per heavy atom. The zero-order chi connectivity index (χ0) is 19.6. The number of amides is 1. The zero-order valence-corrected chi connectivity index (χ0v) is 18.2. The Labute approximate surface area is 169 Å². The predicted molar refractivity (Wildman–Crippen MR) is 107 cm³/mol. The standard InChI is InChI=1S/C20H29BrN2O4/c1-20(2,3)27-19(24)23-10-8-22(9-11-23)13-17-14-5-6-16(21)18(25-4)15(14)7-12-26-17/h5-6,17H,7-13H2,1-4H3/t17-/m1/s1. The molecule has 27 heavy (non-hydrogen) atoms. The van der Waals surface area contributed by atoms with E-state index in [0.717, 1.165) is 36.3 Å². The van der Waals surface area contributed by atoms with E-state index in [2.05, 4.69) is 26.9 Å². The number of benzene rings is 1. The molecule has 6 nitrogen and oxygen atoms in total. The Kier molecular flexibility index (Phi) is 6.33. The minimum absolute atomic E-state index is 0.0313. The molecule has 1 aromatic rings. The summed E-state index contributed by atoms with van der Waals surface area (Å²) in [5.74, 6) is 0.913. The van der Waals surface area contributed by atoms with E-state index < -0.39 is 5.60 Å². The largest absolute Gasteiger partial charge is 0.495 e. The van der Waals surface area contributed by atoms with Gasteiger partial charge in [0.25, 0.3) is 0 Å². The molecule has 0 N–H and O–H groups in total. The smallest absolute Gasteiger partial charge is 0.410 e. The van der Waals surface area contributed by atoms with Crippen LogP contribution in [0.1, 0.15) is 38.0 Å². The van der Waals surface area contributed by atoms with Crippen molar-refractivity contribution in [1.82, 2.24) is 9.80 Å². The summed E-state index contributed by atoms with van der Waals surface area (Å²) < 4.78 is 18.1. The number of halogens is 1. The molecular formula is C20H29BrN2O4. The van der Waals surface area contributed by atoms with Crippen LogP contribution < -0.4 is 4.74 Å². The molecule has 0 aliphatic carbocycles. The normalized spacial score (nSPS) is 20.9. The highest BCUT2D eigenvalue weighted by Gasteiger charge is 2.30. The van der Waals surface area contributed by atoms with Crippen LogP contribution >= 0.6 is 15.9 Å². The van der Waals surface area contributed by atoms with Gasteiger partial charge in [0.2, 0.25) is 0 Å². The summed E-state index contributed by atoms with van der Waals surface area (Å²) in [5.41, 5.74) is 1.98. The minimum atomic E-state index is -0.457. The lowest BCUT2D eigenvalue weighted by molar-refractivity contribution is -0.00678. The van der Waals surface area contributed by atoms with E-state index in [4.69, 9.17) is 14.2 Å². The molecule has 0 saturated carbocycles. The van der Waals surface area contributed by atoms with Crippen LogP contribution in [0.15, 0.2) is 16.6 Å². The van der Waals surface area contributed by atoms with Crippen LogP contribution in [0.5, 0.6) is 5.75 Å². The summed E-state index contributed by atoms with van der Waals surface area (Å²) >= 11 is 3.57. The molecule has 1 fully saturated rings. The lowest BCUT2D eigenvalue weighted by Gasteiger charge is -2.38. The molecule has 150 valence electrons. The molecule has 0 spiro atoms. The number of carbonyl (C=O) groups excluding carboxylic acids is 1. The minimum Gasteiger partial charge on any atom is -0.495 e. The molecule has 1 saturated heterocycles. The summed E-state index contributed by atoms with van der Waals surface area (Å²) in [7, 11) is 1.71. The number of piperazine rings is 1. The van der Waals surface area contributed by atoms with E-state index in [0.29, 0.717) is 19.7 Å². The first-order chi connectivity index (χ1) is 12.8. The fourth-order valence-corrected chi connectivity index (χ4v) is 4.15. The molecule has 3 rings (SSSR count). The van der Waals surface area contributed by atoms with Gasteiger partial charge in [0.15, 0.2) is 0 Å². The van der Waals surface area contributed by atoms with Gasteiger partial charge in [-0.05, 0) is 54.8 Å². The quantitative estimate of drug-likeness (QED) is 0.717. The number of ether oxygens (including phenoxy) is 3. The van der Waals surface area contributed by atoms with Crippen LogP contribution in [0.3, 0.4) is 0 Å². The molecule has 0 unspecified atom stereocenters. The van der Waals surface area contributed by atoms with Gasteiger partial charge in [-0.15, -0.1) is 0 Å². The molecule has 0 bridgehead atoms. The third-order valence-electron chi connectivity index (χ3n) is 4.92. The number of methoxy groups -OCH3 is 1. The summed E-state index contributed by atoms with van der Waals surface area (Å²) in [6.45, 7) is 10.2. The van der Waals surface area contributed by atoms with Gasteiger partial charge in [0.1, 0.15) is 11.4 Å². The summed E-state index contributed by atoms with van der Waals surface area (Å²) in [6, 6.07) is 4.16. The van der Waals surface area contributed by atoms with Gasteiger partial charge in [0, 0.05) is 38.3 Å². The van der Waals surface area contributed by atoms with E-state index in [1.807, 2.05) is 26.8 Å². The summed E-state index contributed by atoms with van der Waals surface area (Å²) in [4.78, 5) is 16.4. The van der Waals surface area contributed by atoms with Gasteiger partial charge < -0.3 is 19.1 Å². The van der Waals surface area contributed by atoms with Crippen molar-refractivity contribution in [1.29, 1.82) is 0 Å². The molecule has 0 radical (unpaired) electrons. The number of hydrogen-bond donors (Lipinski definition) is 0. The molecular weight excluding hydrogens is 412 g/mol. The van der Waals surface area contributed by atoms with Crippen molar-refractivity contribution < 1.29 is 19.0 Å². The van der Waals surface area contributed by atoms with Crippen molar-refractivity contribution in [2.24, 2.45) is 0 Å². The summed E-state index contributed by atoms with van der Waals surface area (Å²) in [6.07, 6.45) is 0.667. The van der Waals surface area contributed by atoms with Gasteiger partial charge >= 0.3 is 6.09 Å². The number of nitrogens with zero attached hydrogens (tertiary/aromatic N) is 2. The van der Waals surface area contributed by atoms with Crippen molar-refractivity contribution in [3.05, 3.63) is 27.7 Å². The molecule has 2 aliphatic rings. The Morgan fingerprint density at radius 2 is 1.96 bits per heavy atom. The van der Waals surface area contributed by atoms with Crippen molar-refractivity contribution in [3.8, 4) is 5.75 Å². The fourth-order valence-electron chi connectivity index (χ4n) is 3.61. The highest BCUT2D eigenvalue weighted by atomic mass is 79.9. The first-order valence-corrected chi connectivity index (χ1v) is 10.2. The van der Waals surface area contributed by atoms with Gasteiger partial charge in [-0.3, -0.25) is 4.90 Å². The first-order valence-electron chi connectivity index (χ1n) is 9.45. The van der Waals surface area contributed by atoms with Crippen LogP contribution in [0.2, 0.25) is 0 Å². The Balaban J connectivity index is 1.60. The molecule has 1 aromatic carbocycles. The molecule has 1 amide bonds. The topological polar surface area (TPSA) is 51.2 Å². The maximum Gasteiger partial charge on any atom is 0.410 e. The Bertz CT molecular complexity index is 681. The van der Waals surface area contributed by atoms with Crippen LogP contribution in [0, 0.1) is 0 Å². The lowest BCUT2D eigenvalue weighted by Crippen LogP contribution is -2.51. The first kappa shape index (κ1) is 20.4. The second-order valence-electron chi connectivity index (χ2n) is 8.03. The van der Waals surface area contributed by atoms with E-state index >= 15 is 0 Å². The van der Waals surface area contributed by atoms with Crippen molar-refractivity contribution in [2.45, 2.75) is 38.9 Å². The Morgan fingerprint density at radius 3 is 2.59 bits per heavy atom. The highest BCUT2D eigenvalue weighted by Crippen LogP contribution is 2.38. The van der Waals surface area contributed by atoms with E-state index in [9.17, 15) is 4.79 Å². The van der Waals surface area contributed by atoms with Gasteiger partial charge in [0.05, 0.1) is 24.3 Å². The number of rotatable bonds is 3. The van der Waals surface area contributed by atoms with Crippen molar-refractivity contribution in [2.75, 3.05) is 46.4 Å². The van der Waals surface area contributed by atoms with Gasteiger partial charge in [-0.2, -0.15) is 0 Å². The van der Waals surface area contributed by atoms with Crippen LogP contribution in [0.4, 0.5) is 4.79 Å². The average Bonchev–Trinajstić information content (AvgIpc) is 2.61. The number of fused-ring (bicyclic) bond motifs is 1. The van der Waals surface area contributed by atoms with E-state index in [1.54, 1.807) is 12.0 Å². The fraction of sp³-hybridized carbons (Fsp3) is 0.650. The van der Waals surface area contributed by atoms with Crippen LogP contribution in [-0.2, 0) is 15.9 Å².